The fourth-order valence-electron chi connectivity index (χ4n) is 2.70. The van der Waals surface area contributed by atoms with Crippen LogP contribution in [0.4, 0.5) is 0 Å². The minimum atomic E-state index is -3.83. The van der Waals surface area contributed by atoms with Gasteiger partial charge in [0.2, 0.25) is 0 Å². The van der Waals surface area contributed by atoms with E-state index in [0.29, 0.717) is 5.65 Å². The summed E-state index contributed by atoms with van der Waals surface area (Å²) in [6, 6.07) is 4.92. The lowest BCUT2D eigenvalue weighted by Crippen LogP contribution is -2.31. The largest absolute Gasteiger partial charge is 0.288 e. The van der Waals surface area contributed by atoms with Crippen molar-refractivity contribution < 1.29 is 8.42 Å². The lowest BCUT2D eigenvalue weighted by atomic mass is 10.2. The van der Waals surface area contributed by atoms with E-state index in [1.165, 1.54) is 15.7 Å². The molecule has 0 aliphatic heterocycles. The predicted molar refractivity (Wildman–Crippen MR) is 92.8 cm³/mol. The fourth-order valence-corrected chi connectivity index (χ4v) is 5.63. The molecule has 3 aromatic rings. The quantitative estimate of drug-likeness (QED) is 0.735. The first kappa shape index (κ1) is 16.0. The molecule has 0 spiro atoms. The van der Waals surface area contributed by atoms with Crippen LogP contribution in [0.1, 0.15) is 29.6 Å². The van der Waals surface area contributed by atoms with Crippen molar-refractivity contribution in [2.75, 3.05) is 0 Å². The molecule has 3 heterocycles. The Bertz CT molecular complexity index is 1010. The van der Waals surface area contributed by atoms with E-state index in [-0.39, 0.29) is 22.1 Å². The number of nitrogens with one attached hydrogen (secondary N) is 1. The van der Waals surface area contributed by atoms with Crippen molar-refractivity contribution in [3.63, 3.8) is 0 Å². The summed E-state index contributed by atoms with van der Waals surface area (Å²) in [4.78, 5) is 8.58. The van der Waals surface area contributed by atoms with Crippen LogP contribution >= 0.6 is 22.9 Å². The zero-order valence-corrected chi connectivity index (χ0v) is 15.2. The summed E-state index contributed by atoms with van der Waals surface area (Å²) in [5.74, 6) is 0.281. The number of aromatic nitrogens is 3. The van der Waals surface area contributed by atoms with Gasteiger partial charge >= 0.3 is 0 Å². The molecular formula is C15H15ClN4O2S2. The molecule has 0 amide bonds. The Hall–Kier alpha value is -1.48. The topological polar surface area (TPSA) is 76.4 Å². The van der Waals surface area contributed by atoms with Crippen molar-refractivity contribution in [1.82, 2.24) is 19.1 Å². The SMILES string of the molecule is Cc1csc([C@H](NS(=O)(=O)c2c(Cl)nc3ccccn23)C2CC2)n1. The van der Waals surface area contributed by atoms with Crippen LogP contribution in [0.5, 0.6) is 0 Å². The first-order chi connectivity index (χ1) is 11.5. The molecule has 3 aromatic heterocycles. The highest BCUT2D eigenvalue weighted by Crippen LogP contribution is 2.42. The van der Waals surface area contributed by atoms with E-state index in [1.54, 1.807) is 24.4 Å². The van der Waals surface area contributed by atoms with E-state index in [0.717, 1.165) is 23.5 Å². The Kier molecular flexibility index (Phi) is 3.87. The van der Waals surface area contributed by atoms with E-state index in [9.17, 15) is 8.42 Å². The van der Waals surface area contributed by atoms with Crippen LogP contribution in [0.25, 0.3) is 5.65 Å². The van der Waals surface area contributed by atoms with Gasteiger partial charge in [0, 0.05) is 17.3 Å². The van der Waals surface area contributed by atoms with E-state index >= 15 is 0 Å². The number of aryl methyl sites for hydroxylation is 1. The van der Waals surface area contributed by atoms with Gasteiger partial charge in [-0.3, -0.25) is 4.40 Å². The number of fused-ring (bicyclic) bond motifs is 1. The highest BCUT2D eigenvalue weighted by Gasteiger charge is 2.38. The van der Waals surface area contributed by atoms with Crippen molar-refractivity contribution >= 4 is 38.6 Å². The lowest BCUT2D eigenvalue weighted by Gasteiger charge is -2.16. The van der Waals surface area contributed by atoms with Gasteiger partial charge in [0.15, 0.2) is 10.2 Å². The third-order valence-corrected chi connectivity index (χ3v) is 6.86. The molecule has 1 atom stereocenters. The molecule has 6 nitrogen and oxygen atoms in total. The Balaban J connectivity index is 1.75. The maximum absolute atomic E-state index is 13.0. The molecule has 1 saturated carbocycles. The van der Waals surface area contributed by atoms with Crippen molar-refractivity contribution in [1.29, 1.82) is 0 Å². The lowest BCUT2D eigenvalue weighted by molar-refractivity contribution is 0.524. The molecular weight excluding hydrogens is 368 g/mol. The van der Waals surface area contributed by atoms with Gasteiger partial charge in [-0.25, -0.2) is 18.4 Å². The van der Waals surface area contributed by atoms with Crippen molar-refractivity contribution in [3.8, 4) is 0 Å². The second-order valence-corrected chi connectivity index (χ2v) is 8.78. The Morgan fingerprint density at radius 1 is 1.38 bits per heavy atom. The number of halogens is 1. The van der Waals surface area contributed by atoms with Crippen molar-refractivity contribution in [3.05, 3.63) is 45.6 Å². The summed E-state index contributed by atoms with van der Waals surface area (Å²) in [5.41, 5.74) is 1.39. The summed E-state index contributed by atoms with van der Waals surface area (Å²) in [5, 5.41) is 2.67. The van der Waals surface area contributed by atoms with E-state index in [4.69, 9.17) is 11.6 Å². The van der Waals surface area contributed by atoms with Crippen LogP contribution in [-0.4, -0.2) is 22.8 Å². The van der Waals surface area contributed by atoms with Crippen molar-refractivity contribution in [2.45, 2.75) is 30.8 Å². The monoisotopic (exact) mass is 382 g/mol. The van der Waals surface area contributed by atoms with E-state index in [1.807, 2.05) is 12.3 Å². The highest BCUT2D eigenvalue weighted by molar-refractivity contribution is 7.89. The predicted octanol–water partition coefficient (Wildman–Crippen LogP) is 3.18. The minimum absolute atomic E-state index is 0.0290. The molecule has 9 heteroatoms. The van der Waals surface area contributed by atoms with Crippen LogP contribution in [-0.2, 0) is 10.0 Å². The molecule has 1 fully saturated rings. The number of pyridine rings is 1. The average molecular weight is 383 g/mol. The Morgan fingerprint density at radius 3 is 2.83 bits per heavy atom. The number of imidazole rings is 1. The number of nitrogens with zero attached hydrogens (tertiary/aromatic N) is 3. The van der Waals surface area contributed by atoms with E-state index < -0.39 is 10.0 Å². The molecule has 0 bridgehead atoms. The van der Waals surface area contributed by atoms with Crippen LogP contribution in [0.2, 0.25) is 5.15 Å². The minimum Gasteiger partial charge on any atom is -0.288 e. The zero-order chi connectivity index (χ0) is 16.9. The highest BCUT2D eigenvalue weighted by atomic mass is 35.5. The molecule has 126 valence electrons. The number of hydrogen-bond donors (Lipinski definition) is 1. The first-order valence-corrected chi connectivity index (χ1v) is 10.3. The number of hydrogen-bond acceptors (Lipinski definition) is 5. The normalized spacial score (nSPS) is 16.6. The molecule has 0 radical (unpaired) electrons. The van der Waals surface area contributed by atoms with E-state index in [2.05, 4.69) is 14.7 Å². The van der Waals surface area contributed by atoms with Crippen LogP contribution < -0.4 is 4.72 Å². The number of rotatable bonds is 5. The van der Waals surface area contributed by atoms with Gasteiger partial charge in [0.05, 0.1) is 6.04 Å². The molecule has 4 rings (SSSR count). The van der Waals surface area contributed by atoms with Gasteiger partial charge in [-0.05, 0) is 37.8 Å². The molecule has 24 heavy (non-hydrogen) atoms. The van der Waals surface area contributed by atoms with Gasteiger partial charge in [0.1, 0.15) is 10.7 Å². The van der Waals surface area contributed by atoms with Gasteiger partial charge in [0.25, 0.3) is 10.0 Å². The van der Waals surface area contributed by atoms with Crippen LogP contribution in [0, 0.1) is 12.8 Å². The standard InChI is InChI=1S/C15H15ClN4O2S2/c1-9-8-23-14(17-9)12(10-5-6-10)19-24(21,22)15-13(16)18-11-4-2-3-7-20(11)15/h2-4,7-8,10,12,19H,5-6H2,1H3/t12-/m1/s1. The maximum atomic E-state index is 13.0. The molecule has 1 aliphatic carbocycles. The van der Waals surface area contributed by atoms with Crippen LogP contribution in [0.3, 0.4) is 0 Å². The fraction of sp³-hybridized carbons (Fsp3) is 0.333. The molecule has 1 N–H and O–H groups in total. The third-order valence-electron chi connectivity index (χ3n) is 3.98. The second-order valence-electron chi connectivity index (χ2n) is 5.90. The Morgan fingerprint density at radius 2 is 2.17 bits per heavy atom. The second kappa shape index (κ2) is 5.80. The summed E-state index contributed by atoms with van der Waals surface area (Å²) in [6.45, 7) is 1.90. The summed E-state index contributed by atoms with van der Waals surface area (Å²) >= 11 is 7.60. The average Bonchev–Trinajstić information content (AvgIpc) is 3.18. The zero-order valence-electron chi connectivity index (χ0n) is 12.8. The summed E-state index contributed by atoms with van der Waals surface area (Å²) < 4.78 is 30.2. The number of thiazole rings is 1. The molecule has 0 saturated heterocycles. The first-order valence-electron chi connectivity index (χ1n) is 7.52. The number of sulfonamides is 1. The third kappa shape index (κ3) is 2.83. The molecule has 0 aromatic carbocycles. The van der Waals surface area contributed by atoms with Gasteiger partial charge in [-0.1, -0.05) is 17.7 Å². The summed E-state index contributed by atoms with van der Waals surface area (Å²) in [7, 11) is -3.83. The van der Waals surface area contributed by atoms with Gasteiger partial charge in [-0.2, -0.15) is 4.72 Å². The smallest absolute Gasteiger partial charge is 0.260 e. The van der Waals surface area contributed by atoms with Gasteiger partial charge in [-0.15, -0.1) is 11.3 Å². The van der Waals surface area contributed by atoms with Gasteiger partial charge < -0.3 is 0 Å². The maximum Gasteiger partial charge on any atom is 0.260 e. The van der Waals surface area contributed by atoms with Crippen LogP contribution in [0.15, 0.2) is 34.8 Å². The van der Waals surface area contributed by atoms with Crippen molar-refractivity contribution in [2.24, 2.45) is 5.92 Å². The summed E-state index contributed by atoms with van der Waals surface area (Å²) in [6.07, 6.45) is 3.63. The molecule has 1 aliphatic rings. The Labute approximate surface area is 148 Å². The molecule has 0 unspecified atom stereocenters.